The maximum atomic E-state index is 9.67. The smallest absolute Gasteiger partial charge is 0.379 e. The molecule has 21 heavy (non-hydrogen) atoms. The van der Waals surface area contributed by atoms with Crippen LogP contribution in [-0.2, 0) is 0 Å². The van der Waals surface area contributed by atoms with Gasteiger partial charge in [-0.25, -0.2) is 0 Å². The van der Waals surface area contributed by atoms with Crippen LogP contribution in [0.2, 0.25) is 0 Å². The molecule has 1 fully saturated rings. The average molecular weight is 308 g/mol. The van der Waals surface area contributed by atoms with Crippen LogP contribution in [0.4, 0.5) is 13.2 Å². The van der Waals surface area contributed by atoms with Gasteiger partial charge in [-0.15, -0.1) is 5.98 Å². The van der Waals surface area contributed by atoms with Crippen molar-refractivity contribution in [3.63, 3.8) is 0 Å². The lowest BCUT2D eigenvalue weighted by Gasteiger charge is -2.31. The molecule has 0 aromatic heterocycles. The molecule has 2 radical (unpaired) electrons. The van der Waals surface area contributed by atoms with Gasteiger partial charge in [0.05, 0.1) is 11.2 Å². The highest BCUT2D eigenvalue weighted by Gasteiger charge is 2.31. The molecule has 0 aromatic carbocycles. The van der Waals surface area contributed by atoms with Gasteiger partial charge in [0.1, 0.15) is 7.85 Å². The summed E-state index contributed by atoms with van der Waals surface area (Å²) in [6.07, 6.45) is 9.07. The van der Waals surface area contributed by atoms with E-state index in [4.69, 9.17) is 18.1 Å². The number of aliphatic hydroxyl groups is 2. The Balaban J connectivity index is 0. The van der Waals surface area contributed by atoms with E-state index < -0.39 is 17.9 Å². The van der Waals surface area contributed by atoms with E-state index in [9.17, 15) is 13.2 Å². The lowest BCUT2D eigenvalue weighted by Crippen LogP contribution is -2.44. The molecule has 0 saturated heterocycles. The minimum absolute atomic E-state index is 0.795. The summed E-state index contributed by atoms with van der Waals surface area (Å²) in [5.41, 5.74) is -2.01. The monoisotopic (exact) mass is 308 g/mol. The van der Waals surface area contributed by atoms with Crippen molar-refractivity contribution in [2.75, 3.05) is 0 Å². The second kappa shape index (κ2) is 11.1. The van der Waals surface area contributed by atoms with Gasteiger partial charge in [-0.2, -0.15) is 13.2 Å². The van der Waals surface area contributed by atoms with Gasteiger partial charge in [0, 0.05) is 0 Å². The zero-order valence-corrected chi connectivity index (χ0v) is 13.5. The molecule has 2 nitrogen and oxygen atoms in total. The lowest BCUT2D eigenvalue weighted by atomic mass is 9.88. The van der Waals surface area contributed by atoms with Gasteiger partial charge >= 0.3 is 6.68 Å². The molecule has 1 aliphatic rings. The van der Waals surface area contributed by atoms with Crippen LogP contribution >= 0.6 is 0 Å². The van der Waals surface area contributed by atoms with E-state index in [0.29, 0.717) is 0 Å². The Labute approximate surface area is 127 Å². The van der Waals surface area contributed by atoms with Crippen LogP contribution in [0.15, 0.2) is 12.1 Å². The molecule has 124 valence electrons. The standard InChI is InChI=1S/C8H13B.C6H14O2.CHF3/c9-7-6-8-4-2-1-3-5-8;1-5(2,7)6(3,4)8;2-1(3)4/h6-8H,1-5H2;7-8H,1-4H3;1H/b7-6+;;. The molecule has 0 aliphatic heterocycles. The Hall–Kier alpha value is -0.485. The topological polar surface area (TPSA) is 40.5 Å². The summed E-state index contributed by atoms with van der Waals surface area (Å²) in [7, 11) is 5.28. The number of rotatable bonds is 2. The Kier molecular flexibility index (Phi) is 12.1. The molecule has 0 heterocycles. The van der Waals surface area contributed by atoms with Gasteiger partial charge in [-0.05, 0) is 46.5 Å². The largest absolute Gasteiger partial charge is 0.387 e. The van der Waals surface area contributed by atoms with E-state index in [-0.39, 0.29) is 0 Å². The van der Waals surface area contributed by atoms with Crippen molar-refractivity contribution in [3.05, 3.63) is 12.1 Å². The number of halogens is 3. The lowest BCUT2D eigenvalue weighted by molar-refractivity contribution is -0.107. The van der Waals surface area contributed by atoms with Crippen LogP contribution in [0.1, 0.15) is 59.8 Å². The molecule has 0 spiro atoms. The predicted octanol–water partition coefficient (Wildman–Crippen LogP) is 3.96. The minimum atomic E-state index is -3.67. The zero-order chi connectivity index (χ0) is 17.1. The van der Waals surface area contributed by atoms with Crippen molar-refractivity contribution in [3.8, 4) is 0 Å². The fourth-order valence-electron chi connectivity index (χ4n) is 1.48. The summed E-state index contributed by atoms with van der Waals surface area (Å²) in [4.78, 5) is 0. The molecule has 6 heteroatoms. The first-order chi connectivity index (χ1) is 9.41. The fraction of sp³-hybridized carbons (Fsp3) is 0.867. The van der Waals surface area contributed by atoms with Crippen molar-refractivity contribution in [1.82, 2.24) is 0 Å². The second-order valence-electron chi connectivity index (χ2n) is 6.15. The van der Waals surface area contributed by atoms with Gasteiger partial charge in [-0.1, -0.05) is 25.3 Å². The molecule has 1 rings (SSSR count). The highest BCUT2D eigenvalue weighted by atomic mass is 19.4. The Morgan fingerprint density at radius 2 is 1.29 bits per heavy atom. The summed E-state index contributed by atoms with van der Waals surface area (Å²) in [6.45, 7) is 2.64. The number of hydrogen-bond donors (Lipinski definition) is 2. The first kappa shape index (κ1) is 22.8. The molecular weight excluding hydrogens is 280 g/mol. The Morgan fingerprint density at radius 3 is 1.52 bits per heavy atom. The maximum absolute atomic E-state index is 9.67. The SMILES string of the molecule is CC(C)(O)C(C)(C)O.FC(F)F.[B]/C=C/C1CCCCC1. The highest BCUT2D eigenvalue weighted by Crippen LogP contribution is 2.24. The van der Waals surface area contributed by atoms with E-state index >= 15 is 0 Å². The molecule has 0 bridgehead atoms. The molecule has 1 aliphatic carbocycles. The van der Waals surface area contributed by atoms with Gasteiger partial charge < -0.3 is 10.2 Å². The van der Waals surface area contributed by atoms with Crippen molar-refractivity contribution >= 4 is 7.85 Å². The van der Waals surface area contributed by atoms with Gasteiger partial charge in [-0.3, -0.25) is 0 Å². The van der Waals surface area contributed by atoms with E-state index in [2.05, 4.69) is 6.08 Å². The molecule has 0 unspecified atom stereocenters. The molecule has 0 atom stereocenters. The van der Waals surface area contributed by atoms with E-state index in [1.807, 2.05) is 0 Å². The van der Waals surface area contributed by atoms with E-state index in [1.54, 1.807) is 33.7 Å². The van der Waals surface area contributed by atoms with Crippen LogP contribution in [0, 0.1) is 5.92 Å². The number of hydrogen-bond acceptors (Lipinski definition) is 2. The summed E-state index contributed by atoms with van der Waals surface area (Å²) in [5, 5.41) is 18.2. The van der Waals surface area contributed by atoms with Crippen LogP contribution in [0.25, 0.3) is 0 Å². The summed E-state index contributed by atoms with van der Waals surface area (Å²) < 4.78 is 29.0. The maximum Gasteiger partial charge on any atom is 0.379 e. The minimum Gasteiger partial charge on any atom is -0.387 e. The van der Waals surface area contributed by atoms with Gasteiger partial charge in [0.2, 0.25) is 0 Å². The summed E-state index contributed by atoms with van der Waals surface area (Å²) in [5.74, 6) is 2.49. The van der Waals surface area contributed by atoms with Crippen molar-refractivity contribution in [2.45, 2.75) is 77.7 Å². The molecule has 2 N–H and O–H groups in total. The van der Waals surface area contributed by atoms with Crippen LogP contribution < -0.4 is 0 Å². The normalized spacial score (nSPS) is 17.0. The quantitative estimate of drug-likeness (QED) is 0.758. The Bertz CT molecular complexity index is 250. The third-order valence-corrected chi connectivity index (χ3v) is 3.53. The van der Waals surface area contributed by atoms with Gasteiger partial charge in [0.25, 0.3) is 0 Å². The van der Waals surface area contributed by atoms with Crippen LogP contribution in [0.3, 0.4) is 0 Å². The summed E-state index contributed by atoms with van der Waals surface area (Å²) in [6, 6.07) is 0. The van der Waals surface area contributed by atoms with E-state index in [1.165, 1.54) is 32.1 Å². The van der Waals surface area contributed by atoms with Crippen molar-refractivity contribution < 1.29 is 23.4 Å². The van der Waals surface area contributed by atoms with Gasteiger partial charge in [0.15, 0.2) is 0 Å². The third kappa shape index (κ3) is 15.7. The number of allylic oxidation sites excluding steroid dienone is 1. The second-order valence-corrected chi connectivity index (χ2v) is 6.15. The van der Waals surface area contributed by atoms with Crippen molar-refractivity contribution in [1.29, 1.82) is 0 Å². The average Bonchev–Trinajstić information content (AvgIpc) is 2.28. The Morgan fingerprint density at radius 1 is 0.952 bits per heavy atom. The predicted molar refractivity (Wildman–Crippen MR) is 81.2 cm³/mol. The number of alkyl halides is 3. The van der Waals surface area contributed by atoms with E-state index in [0.717, 1.165) is 5.92 Å². The highest BCUT2D eigenvalue weighted by molar-refractivity contribution is 6.16. The van der Waals surface area contributed by atoms with Crippen LogP contribution in [-0.4, -0.2) is 35.9 Å². The zero-order valence-electron chi connectivity index (χ0n) is 13.5. The molecule has 0 amide bonds. The first-order valence-corrected chi connectivity index (χ1v) is 7.17. The fourth-order valence-corrected chi connectivity index (χ4v) is 1.48. The first-order valence-electron chi connectivity index (χ1n) is 7.17. The van der Waals surface area contributed by atoms with Crippen molar-refractivity contribution in [2.24, 2.45) is 5.92 Å². The van der Waals surface area contributed by atoms with Crippen LogP contribution in [0.5, 0.6) is 0 Å². The molecule has 0 aromatic rings. The molecule has 1 saturated carbocycles. The third-order valence-electron chi connectivity index (χ3n) is 3.53. The summed E-state index contributed by atoms with van der Waals surface area (Å²) >= 11 is 0. The molecular formula is C15H28BF3O2.